The van der Waals surface area contributed by atoms with Gasteiger partial charge >= 0.3 is 0 Å². The standard InChI is InChI=1S/C18H20N2O2/c1-19-17(21)11-13-3-7-15(8-4-13)16-9-5-14(6-10-16)12-18(22)20-2/h3-10H,11-12H2,1-2H3,(H,19,21)(H,20,22). The number of hydrogen-bond acceptors (Lipinski definition) is 2. The van der Waals surface area contributed by atoms with Crippen LogP contribution in [0.2, 0.25) is 0 Å². The van der Waals surface area contributed by atoms with E-state index in [4.69, 9.17) is 0 Å². The summed E-state index contributed by atoms with van der Waals surface area (Å²) in [7, 11) is 3.27. The summed E-state index contributed by atoms with van der Waals surface area (Å²) in [4.78, 5) is 22.7. The smallest absolute Gasteiger partial charge is 0.224 e. The quantitative estimate of drug-likeness (QED) is 0.886. The molecule has 2 aromatic carbocycles. The molecule has 0 spiro atoms. The normalized spacial score (nSPS) is 10.1. The Morgan fingerprint density at radius 2 is 1.00 bits per heavy atom. The van der Waals surface area contributed by atoms with Crippen molar-refractivity contribution >= 4 is 11.8 Å². The zero-order valence-corrected chi connectivity index (χ0v) is 12.8. The van der Waals surface area contributed by atoms with E-state index in [1.54, 1.807) is 14.1 Å². The van der Waals surface area contributed by atoms with Crippen LogP contribution in [0, 0.1) is 0 Å². The van der Waals surface area contributed by atoms with Gasteiger partial charge in [0, 0.05) is 14.1 Å². The molecule has 2 N–H and O–H groups in total. The highest BCUT2D eigenvalue weighted by Crippen LogP contribution is 2.20. The van der Waals surface area contributed by atoms with Gasteiger partial charge in [-0.1, -0.05) is 48.5 Å². The predicted molar refractivity (Wildman–Crippen MR) is 87.4 cm³/mol. The zero-order chi connectivity index (χ0) is 15.9. The van der Waals surface area contributed by atoms with Crippen molar-refractivity contribution in [2.45, 2.75) is 12.8 Å². The maximum atomic E-state index is 11.3. The number of carbonyl (C=O) groups excluding carboxylic acids is 2. The van der Waals surface area contributed by atoms with Gasteiger partial charge in [-0.05, 0) is 22.3 Å². The van der Waals surface area contributed by atoms with E-state index < -0.39 is 0 Å². The number of likely N-dealkylation sites (N-methyl/N-ethyl adjacent to an activating group) is 2. The molecule has 0 fully saturated rings. The fourth-order valence-electron chi connectivity index (χ4n) is 2.18. The molecule has 22 heavy (non-hydrogen) atoms. The first kappa shape index (κ1) is 15.8. The van der Waals surface area contributed by atoms with E-state index in [-0.39, 0.29) is 11.8 Å². The Morgan fingerprint density at radius 1 is 0.682 bits per heavy atom. The maximum absolute atomic E-state index is 11.3. The Bertz CT molecular complexity index is 586. The van der Waals surface area contributed by atoms with Gasteiger partial charge in [0.2, 0.25) is 11.8 Å². The molecule has 2 aromatic rings. The van der Waals surface area contributed by atoms with Crippen molar-refractivity contribution in [1.82, 2.24) is 10.6 Å². The molecule has 0 atom stereocenters. The zero-order valence-electron chi connectivity index (χ0n) is 12.8. The second-order valence-corrected chi connectivity index (χ2v) is 5.09. The van der Waals surface area contributed by atoms with Gasteiger partial charge in [0.1, 0.15) is 0 Å². The molecule has 0 aliphatic carbocycles. The molecule has 0 aliphatic rings. The van der Waals surface area contributed by atoms with E-state index in [9.17, 15) is 9.59 Å². The SMILES string of the molecule is CNC(=O)Cc1ccc(-c2ccc(CC(=O)NC)cc2)cc1. The van der Waals surface area contributed by atoms with Gasteiger partial charge in [0.25, 0.3) is 0 Å². The third-order valence-corrected chi connectivity index (χ3v) is 3.53. The summed E-state index contributed by atoms with van der Waals surface area (Å²) in [5.41, 5.74) is 4.15. The third kappa shape index (κ3) is 4.19. The van der Waals surface area contributed by atoms with Gasteiger partial charge in [0.05, 0.1) is 12.8 Å². The Kier molecular flexibility index (Phi) is 5.31. The van der Waals surface area contributed by atoms with Crippen LogP contribution >= 0.6 is 0 Å². The molecule has 2 rings (SSSR count). The van der Waals surface area contributed by atoms with E-state index in [0.29, 0.717) is 12.8 Å². The first-order valence-electron chi connectivity index (χ1n) is 7.22. The summed E-state index contributed by atoms with van der Waals surface area (Å²) in [5, 5.41) is 5.23. The summed E-state index contributed by atoms with van der Waals surface area (Å²) in [6.45, 7) is 0. The van der Waals surface area contributed by atoms with Crippen LogP contribution in [0.15, 0.2) is 48.5 Å². The van der Waals surface area contributed by atoms with Gasteiger partial charge < -0.3 is 10.6 Å². The van der Waals surface area contributed by atoms with Crippen LogP contribution in [0.5, 0.6) is 0 Å². The molecular formula is C18H20N2O2. The van der Waals surface area contributed by atoms with Crippen LogP contribution < -0.4 is 10.6 Å². The van der Waals surface area contributed by atoms with Crippen molar-refractivity contribution in [3.63, 3.8) is 0 Å². The molecule has 4 nitrogen and oxygen atoms in total. The number of benzene rings is 2. The minimum atomic E-state index is 0.00584. The van der Waals surface area contributed by atoms with Gasteiger partial charge in [-0.15, -0.1) is 0 Å². The second-order valence-electron chi connectivity index (χ2n) is 5.09. The molecule has 0 aliphatic heterocycles. The van der Waals surface area contributed by atoms with E-state index in [0.717, 1.165) is 22.3 Å². The second kappa shape index (κ2) is 7.41. The van der Waals surface area contributed by atoms with Gasteiger partial charge in [0.15, 0.2) is 0 Å². The molecular weight excluding hydrogens is 276 g/mol. The summed E-state index contributed by atoms with van der Waals surface area (Å²) < 4.78 is 0. The minimum absolute atomic E-state index is 0.00584. The lowest BCUT2D eigenvalue weighted by Gasteiger charge is -2.06. The Labute approximate surface area is 130 Å². The molecule has 0 radical (unpaired) electrons. The molecule has 4 heteroatoms. The van der Waals surface area contributed by atoms with E-state index in [2.05, 4.69) is 10.6 Å². The van der Waals surface area contributed by atoms with E-state index in [1.807, 2.05) is 48.5 Å². The number of hydrogen-bond donors (Lipinski definition) is 2. The number of nitrogens with one attached hydrogen (secondary N) is 2. The van der Waals surface area contributed by atoms with Crippen molar-refractivity contribution in [3.8, 4) is 11.1 Å². The topological polar surface area (TPSA) is 58.2 Å². The first-order chi connectivity index (χ1) is 10.6. The molecule has 0 aromatic heterocycles. The molecule has 0 saturated heterocycles. The molecule has 0 unspecified atom stereocenters. The summed E-state index contributed by atoms with van der Waals surface area (Å²) in [6.07, 6.45) is 0.781. The molecule has 0 bridgehead atoms. The highest BCUT2D eigenvalue weighted by atomic mass is 16.2. The van der Waals surface area contributed by atoms with Crippen molar-refractivity contribution in [1.29, 1.82) is 0 Å². The average Bonchev–Trinajstić information content (AvgIpc) is 2.56. The van der Waals surface area contributed by atoms with Crippen LogP contribution in [-0.2, 0) is 22.4 Å². The maximum Gasteiger partial charge on any atom is 0.224 e. The number of carbonyl (C=O) groups is 2. The predicted octanol–water partition coefficient (Wildman–Crippen LogP) is 1.93. The Balaban J connectivity index is 2.08. The van der Waals surface area contributed by atoms with Crippen molar-refractivity contribution in [3.05, 3.63) is 59.7 Å². The lowest BCUT2D eigenvalue weighted by atomic mass is 10.0. The monoisotopic (exact) mass is 296 g/mol. The van der Waals surface area contributed by atoms with E-state index >= 15 is 0 Å². The highest BCUT2D eigenvalue weighted by molar-refractivity contribution is 5.79. The summed E-state index contributed by atoms with van der Waals surface area (Å²) >= 11 is 0. The average molecular weight is 296 g/mol. The van der Waals surface area contributed by atoms with Crippen LogP contribution in [0.1, 0.15) is 11.1 Å². The lowest BCUT2D eigenvalue weighted by molar-refractivity contribution is -0.120. The fraction of sp³-hybridized carbons (Fsp3) is 0.222. The van der Waals surface area contributed by atoms with Crippen LogP contribution in [-0.4, -0.2) is 25.9 Å². The molecule has 114 valence electrons. The molecule has 0 saturated carbocycles. The summed E-state index contributed by atoms with van der Waals surface area (Å²) in [6, 6.07) is 15.9. The molecule has 0 heterocycles. The third-order valence-electron chi connectivity index (χ3n) is 3.53. The van der Waals surface area contributed by atoms with Crippen molar-refractivity contribution in [2.24, 2.45) is 0 Å². The van der Waals surface area contributed by atoms with Gasteiger partial charge in [-0.25, -0.2) is 0 Å². The Hall–Kier alpha value is -2.62. The van der Waals surface area contributed by atoms with E-state index in [1.165, 1.54) is 0 Å². The van der Waals surface area contributed by atoms with Gasteiger partial charge in [-0.3, -0.25) is 9.59 Å². The van der Waals surface area contributed by atoms with Gasteiger partial charge in [-0.2, -0.15) is 0 Å². The lowest BCUT2D eigenvalue weighted by Crippen LogP contribution is -2.19. The number of amides is 2. The van der Waals surface area contributed by atoms with Crippen molar-refractivity contribution < 1.29 is 9.59 Å². The fourth-order valence-corrected chi connectivity index (χ4v) is 2.18. The van der Waals surface area contributed by atoms with Crippen LogP contribution in [0.4, 0.5) is 0 Å². The highest BCUT2D eigenvalue weighted by Gasteiger charge is 2.04. The molecule has 2 amide bonds. The van der Waals surface area contributed by atoms with Crippen LogP contribution in [0.25, 0.3) is 11.1 Å². The largest absolute Gasteiger partial charge is 0.359 e. The van der Waals surface area contributed by atoms with Crippen molar-refractivity contribution in [2.75, 3.05) is 14.1 Å². The first-order valence-corrected chi connectivity index (χ1v) is 7.22. The summed E-state index contributed by atoms with van der Waals surface area (Å²) in [5.74, 6) is 0.0117. The Morgan fingerprint density at radius 3 is 1.27 bits per heavy atom. The van der Waals surface area contributed by atoms with Crippen LogP contribution in [0.3, 0.4) is 0 Å². The minimum Gasteiger partial charge on any atom is -0.359 e. The number of rotatable bonds is 5.